The zero-order chi connectivity index (χ0) is 65.7. The summed E-state index contributed by atoms with van der Waals surface area (Å²) >= 11 is 0. The van der Waals surface area contributed by atoms with Gasteiger partial charge >= 0.3 is 0 Å². The van der Waals surface area contributed by atoms with Crippen LogP contribution in [-0.2, 0) is 0 Å². The van der Waals surface area contributed by atoms with E-state index in [9.17, 15) is 0 Å². The van der Waals surface area contributed by atoms with Crippen molar-refractivity contribution >= 4 is 13.9 Å². The minimum Gasteiger partial charge on any atom is -0.369 e. The highest BCUT2D eigenvalue weighted by Crippen LogP contribution is 2.39. The Bertz CT molecular complexity index is 1650. The molecule has 0 aromatic heterocycles. The van der Waals surface area contributed by atoms with E-state index in [1.54, 1.807) is 0 Å². The van der Waals surface area contributed by atoms with Gasteiger partial charge in [0.15, 0.2) is 0 Å². The first-order valence-corrected chi connectivity index (χ1v) is 38.3. The first-order valence-electron chi connectivity index (χ1n) is 34.8. The third-order valence-electron chi connectivity index (χ3n) is 18.5. The van der Waals surface area contributed by atoms with Crippen LogP contribution < -0.4 is 4.90 Å². The molecule has 10 nitrogen and oxygen atoms in total. The first-order chi connectivity index (χ1) is 38.3. The summed E-state index contributed by atoms with van der Waals surface area (Å²) in [4.78, 5) is 22.6. The number of benzene rings is 1. The Kier molecular flexibility index (Phi) is 41.8. The fourth-order valence-electron chi connectivity index (χ4n) is 13.1. The second kappa shape index (κ2) is 41.3. The standard InChI is InChI=1S/C13H20N2.C12H25N.C9H21N.C8H18N2.C8H21NSi.C8H17N.C8H19N.C7H15N/c1-12(2)14-8-10-15(11-9-14)13-6-4-3-5-7-13;1-10(2)13-11(3,4)8-7-9-12(13,5)6;1-7(2)10(8(3)4)9(5)6;1-8(2)10-6-4-9(3)5-7-10;1-8(2,3)9(4)10(5,6)7;1-8(2)9-6-4-3-5-7-9;1-7(2)9(6)8(3,4)5;1-7(2)8-5-3-4-6-8/h3-7,12H,8-11H2,1-2H3;10H,7-9H2,1-6H3;7-9H,1-6H3;8H,4-7H2,1-3H3;1-7H3;8H,3-7H2,1-2H3;7H,1-6H3;7H,3-6H2,1-2H3. The van der Waals surface area contributed by atoms with Gasteiger partial charge in [0.2, 0.25) is 0 Å². The topological polar surface area (TPSA) is 32.4 Å². The molecule has 0 unspecified atom stereocenters. The van der Waals surface area contributed by atoms with Crippen LogP contribution >= 0.6 is 0 Å². The lowest BCUT2D eigenvalue weighted by Gasteiger charge is -2.55. The number of piperazine rings is 2. The highest BCUT2D eigenvalue weighted by Gasteiger charge is 2.42. The van der Waals surface area contributed by atoms with E-state index in [-0.39, 0.29) is 0 Å². The predicted molar refractivity (Wildman–Crippen MR) is 386 cm³/mol. The summed E-state index contributed by atoms with van der Waals surface area (Å²) < 4.78 is 2.51. The number of para-hydroxylation sites is 1. The van der Waals surface area contributed by atoms with Gasteiger partial charge in [-0.2, -0.15) is 0 Å². The molecule has 0 spiro atoms. The molecule has 0 bridgehead atoms. The molecule has 502 valence electrons. The maximum absolute atomic E-state index is 2.68. The lowest BCUT2D eigenvalue weighted by Crippen LogP contribution is -2.61. The van der Waals surface area contributed by atoms with E-state index in [0.29, 0.717) is 58.4 Å². The van der Waals surface area contributed by atoms with E-state index in [1.165, 1.54) is 123 Å². The summed E-state index contributed by atoms with van der Waals surface area (Å²) in [6, 6.07) is 17.0. The first kappa shape index (κ1) is 84.9. The van der Waals surface area contributed by atoms with Crippen molar-refractivity contribution in [2.45, 2.75) is 341 Å². The van der Waals surface area contributed by atoms with Crippen LogP contribution in [0.15, 0.2) is 30.3 Å². The lowest BCUT2D eigenvalue weighted by molar-refractivity contribution is -0.0508. The Morgan fingerprint density at radius 1 is 0.405 bits per heavy atom. The summed E-state index contributed by atoms with van der Waals surface area (Å²) in [7, 11) is 5.52. The average Bonchev–Trinajstić information content (AvgIpc) is 3.23. The molecule has 0 aliphatic carbocycles. The zero-order valence-electron chi connectivity index (χ0n) is 63.7. The molecule has 0 amide bonds. The molecule has 1 aromatic rings. The average molecular weight is 1200 g/mol. The molecule has 84 heavy (non-hydrogen) atoms. The number of nitrogens with zero attached hydrogens (tertiary/aromatic N) is 10. The number of hydrogen-bond acceptors (Lipinski definition) is 10. The van der Waals surface area contributed by atoms with Gasteiger partial charge < -0.3 is 24.2 Å². The van der Waals surface area contributed by atoms with E-state index >= 15 is 0 Å². The van der Waals surface area contributed by atoms with Crippen molar-refractivity contribution < 1.29 is 0 Å². The summed E-state index contributed by atoms with van der Waals surface area (Å²) in [5.41, 5.74) is 2.78. The molecule has 0 atom stereocenters. The molecule has 5 fully saturated rings. The Morgan fingerprint density at radius 2 is 0.726 bits per heavy atom. The maximum atomic E-state index is 2.68. The van der Waals surface area contributed by atoms with Crippen LogP contribution in [0.2, 0.25) is 19.6 Å². The number of rotatable bonds is 11. The Balaban J connectivity index is 0. The second-order valence-electron chi connectivity index (χ2n) is 32.4. The number of hydrogen-bond donors (Lipinski definition) is 0. The molecule has 0 N–H and O–H groups in total. The number of likely N-dealkylation sites (N-methyl/N-ethyl adjacent to an activating group) is 1. The van der Waals surface area contributed by atoms with E-state index in [4.69, 9.17) is 0 Å². The molecule has 1 aromatic carbocycles. The molecule has 11 heteroatoms. The van der Waals surface area contributed by atoms with Crippen molar-refractivity contribution in [2.24, 2.45) is 0 Å². The smallest absolute Gasteiger partial charge is 0.119 e. The van der Waals surface area contributed by atoms with Crippen LogP contribution in [0.4, 0.5) is 5.69 Å². The highest BCUT2D eigenvalue weighted by molar-refractivity contribution is 6.73. The van der Waals surface area contributed by atoms with Gasteiger partial charge in [0.05, 0.1) is 0 Å². The quantitative estimate of drug-likeness (QED) is 0.200. The largest absolute Gasteiger partial charge is 0.369 e. The van der Waals surface area contributed by atoms with Gasteiger partial charge in [-0.05, 0) is 298 Å². The molecule has 6 rings (SSSR count). The van der Waals surface area contributed by atoms with Gasteiger partial charge in [-0.25, -0.2) is 0 Å². The number of likely N-dealkylation sites (tertiary alicyclic amines) is 3. The fourth-order valence-corrected chi connectivity index (χ4v) is 15.2. The van der Waals surface area contributed by atoms with Gasteiger partial charge in [-0.3, -0.25) is 24.5 Å². The van der Waals surface area contributed by atoms with E-state index in [2.05, 4.69) is 314 Å². The zero-order valence-corrected chi connectivity index (χ0v) is 64.7. The maximum Gasteiger partial charge on any atom is 0.119 e. The van der Waals surface area contributed by atoms with Crippen LogP contribution in [0.3, 0.4) is 0 Å². The molecule has 5 aliphatic rings. The Morgan fingerprint density at radius 3 is 0.940 bits per heavy atom. The molecule has 0 radical (unpaired) electrons. The SMILES string of the molecule is CC(C)N(C(C)C)C(C)C.CC(C)N(C)C(C)(C)C.CC(C)N1C(C)(C)CCCC1(C)C.CC(C)N1CCCC1.CC(C)N1CCCCC1.CC(C)N1CCN(C)CC1.CC(C)N1CCN(c2ccccc2)CC1.CN(C(C)(C)C)[Si](C)(C)C. The van der Waals surface area contributed by atoms with Crippen molar-refractivity contribution in [2.75, 3.05) is 105 Å². The van der Waals surface area contributed by atoms with E-state index in [0.717, 1.165) is 31.2 Å². The number of anilines is 1. The molecule has 5 saturated heterocycles. The van der Waals surface area contributed by atoms with Crippen molar-refractivity contribution in [3.8, 4) is 0 Å². The Labute approximate surface area is 531 Å². The van der Waals surface area contributed by atoms with E-state index < -0.39 is 8.24 Å². The van der Waals surface area contributed by atoms with E-state index in [1.807, 2.05) is 0 Å². The van der Waals surface area contributed by atoms with Crippen molar-refractivity contribution in [1.29, 1.82) is 0 Å². The van der Waals surface area contributed by atoms with Gasteiger partial charge in [0.25, 0.3) is 0 Å². The summed E-state index contributed by atoms with van der Waals surface area (Å²) in [6.07, 6.45) is 11.2. The van der Waals surface area contributed by atoms with Gasteiger partial charge in [0, 0.05) is 135 Å². The lowest BCUT2D eigenvalue weighted by atomic mass is 9.79. The normalized spacial score (nSPS) is 19.8. The third kappa shape index (κ3) is 35.9. The fraction of sp³-hybridized carbons (Fsp3) is 0.918. The summed E-state index contributed by atoms with van der Waals surface area (Å²) in [5, 5.41) is 0. The molecule has 0 saturated carbocycles. The van der Waals surface area contributed by atoms with Crippen molar-refractivity contribution in [1.82, 2.24) is 43.8 Å². The third-order valence-corrected chi connectivity index (χ3v) is 21.1. The summed E-state index contributed by atoms with van der Waals surface area (Å²) in [6.45, 7) is 85.9. The minimum absolute atomic E-state index is 0.314. The van der Waals surface area contributed by atoms with Gasteiger partial charge in [0.1, 0.15) is 8.24 Å². The van der Waals surface area contributed by atoms with Crippen LogP contribution in [0.5, 0.6) is 0 Å². The van der Waals surface area contributed by atoms with Crippen LogP contribution in [0, 0.1) is 0 Å². The molecular weight excluding hydrogens is 1040 g/mol. The minimum atomic E-state index is -1.06. The monoisotopic (exact) mass is 1200 g/mol. The molecule has 5 heterocycles. The van der Waals surface area contributed by atoms with Crippen LogP contribution in [-0.4, -0.2) is 228 Å². The van der Waals surface area contributed by atoms with Crippen LogP contribution in [0.1, 0.15) is 245 Å². The highest BCUT2D eigenvalue weighted by atomic mass is 28.3. The van der Waals surface area contributed by atoms with Gasteiger partial charge in [-0.1, -0.05) is 44.3 Å². The summed E-state index contributed by atoms with van der Waals surface area (Å²) in [5.74, 6) is 0. The van der Waals surface area contributed by atoms with Crippen molar-refractivity contribution in [3.63, 3.8) is 0 Å². The van der Waals surface area contributed by atoms with Crippen molar-refractivity contribution in [3.05, 3.63) is 30.3 Å². The van der Waals surface area contributed by atoms with Gasteiger partial charge in [-0.15, -0.1) is 0 Å². The molecule has 5 aliphatic heterocycles. The number of piperidine rings is 2. The van der Waals surface area contributed by atoms with Crippen LogP contribution in [0.25, 0.3) is 0 Å². The molecular formula is C73H156N10Si. The predicted octanol–water partition coefficient (Wildman–Crippen LogP) is 16.9. The Hall–Kier alpha value is -1.12. The second-order valence-corrected chi connectivity index (χ2v) is 37.4.